The maximum atomic E-state index is 12.5. The second-order valence-corrected chi connectivity index (χ2v) is 6.25. The number of H-pyrrole nitrogens is 1. The third-order valence-corrected chi connectivity index (χ3v) is 4.77. The molecule has 22 heavy (non-hydrogen) atoms. The van der Waals surface area contributed by atoms with Gasteiger partial charge < -0.3 is 9.88 Å². The average Bonchev–Trinajstić information content (AvgIpc) is 3.16. The van der Waals surface area contributed by atoms with Crippen LogP contribution in [-0.4, -0.2) is 37.8 Å². The van der Waals surface area contributed by atoms with Crippen molar-refractivity contribution in [2.45, 2.75) is 39.2 Å². The molecular weight excluding hydrogens is 304 g/mol. The summed E-state index contributed by atoms with van der Waals surface area (Å²) in [4.78, 5) is 41.7. The molecule has 0 spiro atoms. The monoisotopic (exact) mass is 322 g/mol. The Hall–Kier alpha value is -1.96. The van der Waals surface area contributed by atoms with Crippen molar-refractivity contribution in [2.24, 2.45) is 0 Å². The molecule has 0 aliphatic carbocycles. The summed E-state index contributed by atoms with van der Waals surface area (Å²) in [6.07, 6.45) is 3.61. The Balaban J connectivity index is 2.06. The zero-order valence-corrected chi connectivity index (χ0v) is 13.2. The summed E-state index contributed by atoms with van der Waals surface area (Å²) >= 11 is 0.989. The third kappa shape index (κ3) is 2.47. The summed E-state index contributed by atoms with van der Waals surface area (Å²) in [6, 6.07) is 0. The number of unbranched alkanes of at least 4 members (excludes halogenated alkanes) is 1. The molecule has 0 aromatic carbocycles. The van der Waals surface area contributed by atoms with Crippen LogP contribution in [0.2, 0.25) is 0 Å². The lowest BCUT2D eigenvalue weighted by atomic mass is 10.3. The van der Waals surface area contributed by atoms with E-state index in [1.807, 2.05) is 6.92 Å². The molecule has 0 unspecified atom stereocenters. The fourth-order valence-electron chi connectivity index (χ4n) is 2.68. The normalized spacial score (nSPS) is 14.9. The minimum atomic E-state index is -0.471. The highest BCUT2D eigenvalue weighted by Gasteiger charge is 2.25. The van der Waals surface area contributed by atoms with Crippen molar-refractivity contribution in [1.29, 1.82) is 0 Å². The van der Waals surface area contributed by atoms with Gasteiger partial charge in [-0.25, -0.2) is 4.79 Å². The first-order valence-corrected chi connectivity index (χ1v) is 8.32. The molecule has 7 nitrogen and oxygen atoms in total. The van der Waals surface area contributed by atoms with Gasteiger partial charge in [-0.15, -0.1) is 0 Å². The molecule has 1 saturated heterocycles. The molecule has 1 amide bonds. The minimum Gasteiger partial charge on any atom is -0.338 e. The van der Waals surface area contributed by atoms with Gasteiger partial charge in [-0.2, -0.15) is 4.37 Å². The average molecular weight is 322 g/mol. The number of rotatable bonds is 4. The van der Waals surface area contributed by atoms with Gasteiger partial charge in [-0.05, 0) is 30.8 Å². The van der Waals surface area contributed by atoms with Crippen LogP contribution < -0.4 is 11.2 Å². The van der Waals surface area contributed by atoms with E-state index < -0.39 is 11.2 Å². The molecule has 1 aliphatic heterocycles. The molecule has 0 atom stereocenters. The van der Waals surface area contributed by atoms with Gasteiger partial charge in [0.15, 0.2) is 5.52 Å². The maximum Gasteiger partial charge on any atom is 0.328 e. The van der Waals surface area contributed by atoms with Crippen LogP contribution in [0.25, 0.3) is 11.0 Å². The second kappa shape index (κ2) is 6.04. The molecule has 0 bridgehead atoms. The summed E-state index contributed by atoms with van der Waals surface area (Å²) in [5.74, 6) is -0.147. The number of amides is 1. The molecule has 3 rings (SSSR count). The van der Waals surface area contributed by atoms with Crippen LogP contribution in [0.3, 0.4) is 0 Å². The summed E-state index contributed by atoms with van der Waals surface area (Å²) < 4.78 is 5.27. The molecule has 0 radical (unpaired) electrons. The molecule has 0 saturated carbocycles. The van der Waals surface area contributed by atoms with Crippen LogP contribution in [0.5, 0.6) is 0 Å². The number of fused-ring (bicyclic) bond motifs is 1. The first kappa shape index (κ1) is 15.0. The largest absolute Gasteiger partial charge is 0.338 e. The molecular formula is C14H18N4O3S. The van der Waals surface area contributed by atoms with E-state index in [1.165, 1.54) is 0 Å². The zero-order chi connectivity index (χ0) is 15.7. The number of carbonyl (C=O) groups is 1. The number of carbonyl (C=O) groups excluding carboxylic acids is 1. The van der Waals surface area contributed by atoms with E-state index in [9.17, 15) is 14.4 Å². The fraction of sp³-hybridized carbons (Fsp3) is 0.571. The van der Waals surface area contributed by atoms with Crippen molar-refractivity contribution in [1.82, 2.24) is 18.8 Å². The molecule has 1 aliphatic rings. The van der Waals surface area contributed by atoms with Crippen LogP contribution in [0.1, 0.15) is 42.3 Å². The van der Waals surface area contributed by atoms with Crippen LogP contribution in [0.15, 0.2) is 9.59 Å². The van der Waals surface area contributed by atoms with Crippen LogP contribution in [0, 0.1) is 0 Å². The summed E-state index contributed by atoms with van der Waals surface area (Å²) in [5, 5.41) is 0. The zero-order valence-electron chi connectivity index (χ0n) is 12.4. The van der Waals surface area contributed by atoms with Crippen molar-refractivity contribution in [3.8, 4) is 0 Å². The Kier molecular flexibility index (Phi) is 4.10. The van der Waals surface area contributed by atoms with Crippen LogP contribution in [-0.2, 0) is 6.54 Å². The first-order chi connectivity index (χ1) is 10.6. The van der Waals surface area contributed by atoms with Crippen molar-refractivity contribution >= 4 is 28.5 Å². The van der Waals surface area contributed by atoms with Crippen molar-refractivity contribution in [2.75, 3.05) is 13.1 Å². The van der Waals surface area contributed by atoms with Gasteiger partial charge in [-0.1, -0.05) is 13.3 Å². The lowest BCUT2D eigenvalue weighted by molar-refractivity contribution is 0.0799. The number of hydrogen-bond donors (Lipinski definition) is 1. The van der Waals surface area contributed by atoms with Gasteiger partial charge in [0.25, 0.3) is 11.5 Å². The highest BCUT2D eigenvalue weighted by molar-refractivity contribution is 7.09. The summed E-state index contributed by atoms with van der Waals surface area (Å²) in [5.41, 5.74) is -0.418. The topological polar surface area (TPSA) is 88.1 Å². The molecule has 8 heteroatoms. The summed E-state index contributed by atoms with van der Waals surface area (Å²) in [7, 11) is 0. The van der Waals surface area contributed by atoms with E-state index in [2.05, 4.69) is 9.36 Å². The number of aromatic nitrogens is 3. The molecule has 1 N–H and O–H groups in total. The predicted octanol–water partition coefficient (Wildman–Crippen LogP) is 1.18. The van der Waals surface area contributed by atoms with E-state index in [0.717, 1.165) is 54.9 Å². The van der Waals surface area contributed by atoms with E-state index in [0.29, 0.717) is 11.4 Å². The van der Waals surface area contributed by atoms with Gasteiger partial charge in [0, 0.05) is 19.6 Å². The molecule has 2 aromatic heterocycles. The second-order valence-electron chi connectivity index (χ2n) is 5.48. The predicted molar refractivity (Wildman–Crippen MR) is 84.5 cm³/mol. The molecule has 1 fully saturated rings. The van der Waals surface area contributed by atoms with E-state index in [1.54, 1.807) is 4.90 Å². The first-order valence-electron chi connectivity index (χ1n) is 7.55. The third-order valence-electron chi connectivity index (χ3n) is 3.94. The Labute approximate surface area is 130 Å². The quantitative estimate of drug-likeness (QED) is 0.915. The Morgan fingerprint density at radius 2 is 2.05 bits per heavy atom. The minimum absolute atomic E-state index is 0.147. The number of hydrogen-bond acceptors (Lipinski definition) is 5. The van der Waals surface area contributed by atoms with Crippen LogP contribution >= 0.6 is 11.5 Å². The SMILES string of the molecule is CCCCn1c(=O)[nH]c2c(C(=O)N3CCCC3)snc2c1=O. The highest BCUT2D eigenvalue weighted by Crippen LogP contribution is 2.21. The number of likely N-dealkylation sites (tertiary alicyclic amines) is 1. The smallest absolute Gasteiger partial charge is 0.328 e. The van der Waals surface area contributed by atoms with E-state index >= 15 is 0 Å². The van der Waals surface area contributed by atoms with Crippen molar-refractivity contribution < 1.29 is 4.79 Å². The maximum absolute atomic E-state index is 12.5. The number of nitrogens with zero attached hydrogens (tertiary/aromatic N) is 3. The van der Waals surface area contributed by atoms with E-state index in [-0.39, 0.29) is 16.9 Å². The fourth-order valence-corrected chi connectivity index (χ4v) is 3.47. The van der Waals surface area contributed by atoms with Gasteiger partial charge in [-0.3, -0.25) is 14.2 Å². The lowest BCUT2D eigenvalue weighted by Crippen LogP contribution is -2.35. The van der Waals surface area contributed by atoms with Crippen molar-refractivity contribution in [3.05, 3.63) is 25.7 Å². The Morgan fingerprint density at radius 3 is 2.73 bits per heavy atom. The summed E-state index contributed by atoms with van der Waals surface area (Å²) in [6.45, 7) is 3.80. The van der Waals surface area contributed by atoms with Gasteiger partial charge >= 0.3 is 5.69 Å². The highest BCUT2D eigenvalue weighted by atomic mass is 32.1. The van der Waals surface area contributed by atoms with E-state index in [4.69, 9.17) is 0 Å². The number of aromatic amines is 1. The number of nitrogens with one attached hydrogen (secondary N) is 1. The van der Waals surface area contributed by atoms with Gasteiger partial charge in [0.2, 0.25) is 0 Å². The van der Waals surface area contributed by atoms with Gasteiger partial charge in [0.05, 0.1) is 5.52 Å². The van der Waals surface area contributed by atoms with Crippen molar-refractivity contribution in [3.63, 3.8) is 0 Å². The molecule has 118 valence electrons. The lowest BCUT2D eigenvalue weighted by Gasteiger charge is -2.13. The Bertz CT molecular complexity index is 814. The van der Waals surface area contributed by atoms with Crippen LogP contribution in [0.4, 0.5) is 0 Å². The molecule has 2 aromatic rings. The standard InChI is InChI=1S/C14H18N4O3S/c1-2-3-8-18-12(19)10-9(15-14(18)21)11(22-16-10)13(20)17-6-4-5-7-17/h2-8H2,1H3,(H,15,21). The Morgan fingerprint density at radius 1 is 1.32 bits per heavy atom. The molecule has 3 heterocycles. The van der Waals surface area contributed by atoms with Gasteiger partial charge in [0.1, 0.15) is 4.88 Å².